The Morgan fingerprint density at radius 3 is 2.69 bits per heavy atom. The lowest BCUT2D eigenvalue weighted by Gasteiger charge is -2.24. The highest BCUT2D eigenvalue weighted by atomic mass is 79.9. The number of nitrogens with one attached hydrogen (secondary N) is 2. The van der Waals surface area contributed by atoms with Crippen LogP contribution < -0.4 is 14.8 Å². The molecule has 32 heavy (non-hydrogen) atoms. The molecule has 2 aliphatic rings. The summed E-state index contributed by atoms with van der Waals surface area (Å²) < 4.78 is 40.8. The first-order valence-corrected chi connectivity index (χ1v) is 12.3. The van der Waals surface area contributed by atoms with Gasteiger partial charge in [0, 0.05) is 33.6 Å². The van der Waals surface area contributed by atoms with Crippen LogP contribution in [0.2, 0.25) is 0 Å². The van der Waals surface area contributed by atoms with Crippen LogP contribution >= 0.6 is 15.9 Å². The van der Waals surface area contributed by atoms with Crippen LogP contribution in [0.25, 0.3) is 11.3 Å². The Morgan fingerprint density at radius 2 is 2.00 bits per heavy atom. The van der Waals surface area contributed by atoms with Gasteiger partial charge in [-0.2, -0.15) is 0 Å². The van der Waals surface area contributed by atoms with E-state index in [1.165, 1.54) is 37.9 Å². The summed E-state index contributed by atoms with van der Waals surface area (Å²) in [5.41, 5.74) is 3.19. The zero-order valence-corrected chi connectivity index (χ0v) is 19.8. The number of fused-ring (bicyclic) bond motifs is 4. The van der Waals surface area contributed by atoms with Crippen LogP contribution in [0.3, 0.4) is 0 Å². The highest BCUT2D eigenvalue weighted by molar-refractivity contribution is 9.10. The summed E-state index contributed by atoms with van der Waals surface area (Å²) in [6.45, 7) is 0. The molecule has 0 bridgehead atoms. The van der Waals surface area contributed by atoms with Crippen LogP contribution in [0.4, 0.5) is 5.82 Å². The van der Waals surface area contributed by atoms with Gasteiger partial charge < -0.3 is 14.6 Å². The summed E-state index contributed by atoms with van der Waals surface area (Å²) in [5.74, 6) is 0.474. The number of sulfonamides is 1. The van der Waals surface area contributed by atoms with Crippen LogP contribution in [-0.2, 0) is 21.9 Å². The summed E-state index contributed by atoms with van der Waals surface area (Å²) >= 11 is 3.51. The Morgan fingerprint density at radius 1 is 1.22 bits per heavy atom. The number of anilines is 1. The van der Waals surface area contributed by atoms with Gasteiger partial charge in [0.1, 0.15) is 10.6 Å². The number of rotatable bonds is 5. The molecule has 1 amide bonds. The van der Waals surface area contributed by atoms with Crippen molar-refractivity contribution in [2.45, 2.75) is 29.6 Å². The van der Waals surface area contributed by atoms with Crippen molar-refractivity contribution < 1.29 is 22.5 Å². The third-order valence-corrected chi connectivity index (χ3v) is 8.00. The first-order chi connectivity index (χ1) is 15.3. The van der Waals surface area contributed by atoms with E-state index in [2.05, 4.69) is 37.2 Å². The highest BCUT2D eigenvalue weighted by Crippen LogP contribution is 2.58. The largest absolute Gasteiger partial charge is 0.495 e. The maximum absolute atomic E-state index is 13.2. The normalized spacial score (nSPS) is 15.6. The lowest BCUT2D eigenvalue weighted by Crippen LogP contribution is -2.21. The molecule has 0 radical (unpaired) electrons. The minimum atomic E-state index is -4.05. The van der Waals surface area contributed by atoms with Crippen molar-refractivity contribution in [3.63, 3.8) is 0 Å². The van der Waals surface area contributed by atoms with E-state index in [-0.39, 0.29) is 27.8 Å². The maximum Gasteiger partial charge on any atom is 0.266 e. The maximum atomic E-state index is 13.2. The molecule has 1 spiro atoms. The molecule has 1 aromatic heterocycles. The highest BCUT2D eigenvalue weighted by Gasteiger charge is 2.50. The van der Waals surface area contributed by atoms with Gasteiger partial charge >= 0.3 is 0 Å². The molecule has 0 saturated heterocycles. The molecule has 0 atom stereocenters. The van der Waals surface area contributed by atoms with Gasteiger partial charge in [0.25, 0.3) is 15.9 Å². The monoisotopic (exact) mass is 517 g/mol. The molecule has 8 nitrogen and oxygen atoms in total. The second-order valence-corrected chi connectivity index (χ2v) is 10.6. The standard InChI is InChI=1S/C22H20BrN3O5S/c1-24-21(27)12-3-6-18(17(9-12)30-2)32(28,29)26-20-15-11-22(7-8-22)16-5-4-13(23)10-14(16)19(15)31-25-20/h3-6,9-10H,7-8,11H2,1-2H3,(H,24,27)(H,25,26). The number of carbonyl (C=O) groups is 1. The lowest BCUT2D eigenvalue weighted by atomic mass is 9.79. The van der Waals surface area contributed by atoms with E-state index in [1.807, 2.05) is 12.1 Å². The second kappa shape index (κ2) is 7.35. The Kier molecular flexibility index (Phi) is 4.82. The van der Waals surface area contributed by atoms with Crippen LogP contribution in [0.5, 0.6) is 5.75 Å². The molecule has 0 unspecified atom stereocenters. The molecular weight excluding hydrogens is 498 g/mol. The molecule has 2 aliphatic carbocycles. The van der Waals surface area contributed by atoms with Crippen molar-refractivity contribution in [2.24, 2.45) is 0 Å². The van der Waals surface area contributed by atoms with Crippen LogP contribution in [0, 0.1) is 0 Å². The van der Waals surface area contributed by atoms with Gasteiger partial charge in [-0.05, 0) is 55.2 Å². The Balaban J connectivity index is 1.54. The average molecular weight is 518 g/mol. The summed E-state index contributed by atoms with van der Waals surface area (Å²) in [4.78, 5) is 11.8. The van der Waals surface area contributed by atoms with Gasteiger partial charge in [-0.25, -0.2) is 8.42 Å². The number of hydrogen-bond donors (Lipinski definition) is 2. The lowest BCUT2D eigenvalue weighted by molar-refractivity contribution is 0.0962. The number of amides is 1. The SMILES string of the molecule is CNC(=O)c1ccc(S(=O)(=O)Nc2noc3c2CC2(CC2)c2ccc(Br)cc2-3)c(OC)c1. The fourth-order valence-corrected chi connectivity index (χ4v) is 5.86. The van der Waals surface area contributed by atoms with Crippen molar-refractivity contribution in [2.75, 3.05) is 18.9 Å². The summed E-state index contributed by atoms with van der Waals surface area (Å²) in [7, 11) is -1.20. The minimum absolute atomic E-state index is 0.00162. The number of benzene rings is 2. The number of aromatic nitrogens is 1. The van der Waals surface area contributed by atoms with Crippen molar-refractivity contribution in [3.8, 4) is 17.1 Å². The summed E-state index contributed by atoms with van der Waals surface area (Å²) in [6.07, 6.45) is 2.73. The molecule has 1 saturated carbocycles. The van der Waals surface area contributed by atoms with E-state index in [0.29, 0.717) is 17.7 Å². The fraction of sp³-hybridized carbons (Fsp3) is 0.273. The zero-order valence-electron chi connectivity index (χ0n) is 17.4. The van der Waals surface area contributed by atoms with Crippen molar-refractivity contribution in [1.29, 1.82) is 0 Å². The Hall–Kier alpha value is -2.85. The predicted octanol–water partition coefficient (Wildman–Crippen LogP) is 3.86. The van der Waals surface area contributed by atoms with Crippen molar-refractivity contribution in [1.82, 2.24) is 10.5 Å². The first kappa shape index (κ1) is 21.0. The molecule has 1 heterocycles. The van der Waals surface area contributed by atoms with E-state index >= 15 is 0 Å². The van der Waals surface area contributed by atoms with E-state index in [4.69, 9.17) is 9.26 Å². The Bertz CT molecular complexity index is 1360. The second-order valence-electron chi connectivity index (χ2n) is 8.04. The van der Waals surface area contributed by atoms with Gasteiger partial charge in [0.15, 0.2) is 11.6 Å². The van der Waals surface area contributed by atoms with E-state index in [0.717, 1.165) is 28.4 Å². The van der Waals surface area contributed by atoms with Crippen molar-refractivity contribution in [3.05, 3.63) is 57.6 Å². The number of hydrogen-bond acceptors (Lipinski definition) is 6. The molecule has 1 fully saturated rings. The molecule has 0 aliphatic heterocycles. The first-order valence-electron chi connectivity index (χ1n) is 10.00. The van der Waals surface area contributed by atoms with Gasteiger partial charge in [-0.3, -0.25) is 9.52 Å². The zero-order chi connectivity index (χ0) is 22.7. The number of ether oxygens (including phenoxy) is 1. The molecule has 10 heteroatoms. The number of carbonyl (C=O) groups excluding carboxylic acids is 1. The Labute approximate surface area is 193 Å². The fourth-order valence-electron chi connectivity index (χ4n) is 4.32. The average Bonchev–Trinajstić information content (AvgIpc) is 3.45. The third-order valence-electron chi connectivity index (χ3n) is 6.13. The summed E-state index contributed by atoms with van der Waals surface area (Å²) in [5, 5.41) is 6.56. The van der Waals surface area contributed by atoms with E-state index in [9.17, 15) is 13.2 Å². The quantitative estimate of drug-likeness (QED) is 0.531. The molecule has 2 aromatic carbocycles. The van der Waals surface area contributed by atoms with Gasteiger partial charge in [0.05, 0.1) is 7.11 Å². The van der Waals surface area contributed by atoms with Crippen LogP contribution in [0.15, 0.2) is 50.3 Å². The van der Waals surface area contributed by atoms with Gasteiger partial charge in [0.2, 0.25) is 0 Å². The number of nitrogens with zero attached hydrogens (tertiary/aromatic N) is 1. The number of halogens is 1. The van der Waals surface area contributed by atoms with Gasteiger partial charge in [-0.1, -0.05) is 27.2 Å². The molecule has 5 rings (SSSR count). The van der Waals surface area contributed by atoms with E-state index < -0.39 is 10.0 Å². The predicted molar refractivity (Wildman–Crippen MR) is 121 cm³/mol. The van der Waals surface area contributed by atoms with Crippen LogP contribution in [-0.4, -0.2) is 33.6 Å². The molecule has 2 N–H and O–H groups in total. The molecule has 166 valence electrons. The third kappa shape index (κ3) is 3.29. The topological polar surface area (TPSA) is 111 Å². The molecule has 3 aromatic rings. The number of methoxy groups -OCH3 is 1. The minimum Gasteiger partial charge on any atom is -0.495 e. The van der Waals surface area contributed by atoms with E-state index in [1.54, 1.807) is 0 Å². The summed E-state index contributed by atoms with van der Waals surface area (Å²) in [6, 6.07) is 10.3. The smallest absolute Gasteiger partial charge is 0.266 e. The van der Waals surface area contributed by atoms with Crippen molar-refractivity contribution >= 4 is 37.7 Å². The molecular formula is C22H20BrN3O5S. The van der Waals surface area contributed by atoms with Gasteiger partial charge in [-0.15, -0.1) is 0 Å². The van der Waals surface area contributed by atoms with Crippen LogP contribution in [0.1, 0.15) is 34.3 Å².